The van der Waals surface area contributed by atoms with Gasteiger partial charge in [-0.1, -0.05) is 56.1 Å². The number of carbonyl (C=O) groups is 2. The second-order valence-corrected chi connectivity index (χ2v) is 7.58. The molecule has 1 saturated heterocycles. The average molecular weight is 466 g/mol. The third-order valence-corrected chi connectivity index (χ3v) is 5.62. The molecule has 0 unspecified atom stereocenters. The number of benzene rings is 2. The summed E-state index contributed by atoms with van der Waals surface area (Å²) in [4.78, 5) is 25.9. The number of halogens is 2. The van der Waals surface area contributed by atoms with Crippen LogP contribution in [0, 0.1) is 5.41 Å². The second kappa shape index (κ2) is 6.92. The summed E-state index contributed by atoms with van der Waals surface area (Å²) in [5.41, 5.74) is 2.47. The SMILES string of the molecule is CC1(C)C(=O)N(c2ccc(CBr)cc2)N(c2ccc(CBr)cc2)C1=O. The van der Waals surface area contributed by atoms with Gasteiger partial charge in [-0.25, -0.2) is 10.0 Å². The second-order valence-electron chi connectivity index (χ2n) is 6.46. The lowest BCUT2D eigenvalue weighted by atomic mass is 9.93. The third kappa shape index (κ3) is 3.13. The normalized spacial score (nSPS) is 16.6. The molecule has 0 saturated carbocycles. The van der Waals surface area contributed by atoms with Gasteiger partial charge in [-0.05, 0) is 49.2 Å². The number of rotatable bonds is 4. The molecule has 0 aliphatic carbocycles. The summed E-state index contributed by atoms with van der Waals surface area (Å²) in [7, 11) is 0. The number of nitrogens with zero attached hydrogens (tertiary/aromatic N) is 2. The van der Waals surface area contributed by atoms with E-state index in [2.05, 4.69) is 31.9 Å². The maximum atomic E-state index is 12.9. The number of amides is 2. The molecule has 1 fully saturated rings. The Labute approximate surface area is 164 Å². The number of hydrogen-bond donors (Lipinski definition) is 0. The number of hydrazine groups is 1. The summed E-state index contributed by atoms with van der Waals surface area (Å²) in [6, 6.07) is 15.2. The highest BCUT2D eigenvalue weighted by atomic mass is 79.9. The van der Waals surface area contributed by atoms with Crippen molar-refractivity contribution < 1.29 is 9.59 Å². The number of alkyl halides is 2. The monoisotopic (exact) mass is 464 g/mol. The van der Waals surface area contributed by atoms with Gasteiger partial charge in [0.05, 0.1) is 11.4 Å². The first-order chi connectivity index (χ1) is 11.9. The zero-order valence-electron chi connectivity index (χ0n) is 14.0. The molecule has 0 spiro atoms. The van der Waals surface area contributed by atoms with Gasteiger partial charge in [-0.15, -0.1) is 0 Å². The fourth-order valence-electron chi connectivity index (χ4n) is 2.72. The quantitative estimate of drug-likeness (QED) is 0.480. The first kappa shape index (κ1) is 18.1. The van der Waals surface area contributed by atoms with Crippen molar-refractivity contribution in [1.29, 1.82) is 0 Å². The fraction of sp³-hybridized carbons (Fsp3) is 0.263. The topological polar surface area (TPSA) is 40.6 Å². The van der Waals surface area contributed by atoms with E-state index in [4.69, 9.17) is 0 Å². The van der Waals surface area contributed by atoms with Gasteiger partial charge in [0.2, 0.25) is 0 Å². The van der Waals surface area contributed by atoms with Crippen LogP contribution in [0.4, 0.5) is 11.4 Å². The molecule has 0 aromatic heterocycles. The van der Waals surface area contributed by atoms with Gasteiger partial charge >= 0.3 is 0 Å². The molecule has 2 amide bonds. The first-order valence-electron chi connectivity index (χ1n) is 7.89. The van der Waals surface area contributed by atoms with Crippen molar-refractivity contribution in [3.05, 3.63) is 59.7 Å². The largest absolute Gasteiger partial charge is 0.271 e. The van der Waals surface area contributed by atoms with Crippen molar-refractivity contribution >= 4 is 55.0 Å². The molecule has 0 N–H and O–H groups in total. The number of hydrogen-bond acceptors (Lipinski definition) is 2. The molecule has 0 bridgehead atoms. The van der Waals surface area contributed by atoms with E-state index in [1.54, 1.807) is 13.8 Å². The zero-order chi connectivity index (χ0) is 18.2. The van der Waals surface area contributed by atoms with E-state index < -0.39 is 5.41 Å². The standard InChI is InChI=1S/C19H18Br2N2O2/c1-19(2)17(24)22(15-7-3-13(11-20)4-8-15)23(18(19)25)16-9-5-14(12-21)6-10-16/h3-10H,11-12H2,1-2H3. The average Bonchev–Trinajstić information content (AvgIpc) is 2.82. The molecule has 2 aromatic rings. The molecular formula is C19H18Br2N2O2. The van der Waals surface area contributed by atoms with Crippen LogP contribution in [0.15, 0.2) is 48.5 Å². The molecule has 1 aliphatic rings. The van der Waals surface area contributed by atoms with Crippen LogP contribution in [0.3, 0.4) is 0 Å². The van der Waals surface area contributed by atoms with Crippen molar-refractivity contribution in [1.82, 2.24) is 0 Å². The van der Waals surface area contributed by atoms with Gasteiger partial charge in [-0.3, -0.25) is 9.59 Å². The Hall–Kier alpha value is -1.66. The summed E-state index contributed by atoms with van der Waals surface area (Å²) < 4.78 is 0. The number of anilines is 2. The van der Waals surface area contributed by atoms with Crippen LogP contribution in [0.5, 0.6) is 0 Å². The molecule has 0 atom stereocenters. The van der Waals surface area contributed by atoms with Crippen molar-refractivity contribution in [2.75, 3.05) is 10.0 Å². The molecular weight excluding hydrogens is 448 g/mol. The van der Waals surface area contributed by atoms with Gasteiger partial charge in [-0.2, -0.15) is 0 Å². The molecule has 3 rings (SSSR count). The molecule has 1 aliphatic heterocycles. The predicted molar refractivity (Wildman–Crippen MR) is 107 cm³/mol. The maximum absolute atomic E-state index is 12.9. The smallest absolute Gasteiger partial charge is 0.261 e. The van der Waals surface area contributed by atoms with E-state index in [9.17, 15) is 9.59 Å². The van der Waals surface area contributed by atoms with Crippen LogP contribution < -0.4 is 10.0 Å². The summed E-state index contributed by atoms with van der Waals surface area (Å²) in [6.45, 7) is 3.34. The molecule has 25 heavy (non-hydrogen) atoms. The summed E-state index contributed by atoms with van der Waals surface area (Å²) in [6.07, 6.45) is 0. The van der Waals surface area contributed by atoms with Gasteiger partial charge in [0.1, 0.15) is 5.41 Å². The van der Waals surface area contributed by atoms with Crippen LogP contribution >= 0.6 is 31.9 Å². The number of carbonyl (C=O) groups excluding carboxylic acids is 2. The Morgan fingerprint density at radius 3 is 1.32 bits per heavy atom. The van der Waals surface area contributed by atoms with Crippen molar-refractivity contribution in [2.45, 2.75) is 24.5 Å². The fourth-order valence-corrected chi connectivity index (χ4v) is 3.47. The van der Waals surface area contributed by atoms with E-state index in [0.717, 1.165) is 21.8 Å². The van der Waals surface area contributed by atoms with Crippen molar-refractivity contribution in [3.63, 3.8) is 0 Å². The summed E-state index contributed by atoms with van der Waals surface area (Å²) in [5.74, 6) is -0.456. The predicted octanol–water partition coefficient (Wildman–Crippen LogP) is 4.80. The van der Waals surface area contributed by atoms with Crippen LogP contribution in [0.25, 0.3) is 0 Å². The Balaban J connectivity index is 2.07. The van der Waals surface area contributed by atoms with Crippen LogP contribution in [-0.2, 0) is 20.2 Å². The highest BCUT2D eigenvalue weighted by Gasteiger charge is 2.53. The molecule has 130 valence electrons. The highest BCUT2D eigenvalue weighted by Crippen LogP contribution is 2.38. The van der Waals surface area contributed by atoms with E-state index in [-0.39, 0.29) is 11.8 Å². The lowest BCUT2D eigenvalue weighted by Gasteiger charge is -2.28. The van der Waals surface area contributed by atoms with Crippen molar-refractivity contribution in [3.8, 4) is 0 Å². The Kier molecular flexibility index (Phi) is 5.02. The van der Waals surface area contributed by atoms with E-state index in [1.807, 2.05) is 48.5 Å². The van der Waals surface area contributed by atoms with Crippen LogP contribution in [-0.4, -0.2) is 11.8 Å². The minimum absolute atomic E-state index is 0.228. The van der Waals surface area contributed by atoms with Gasteiger partial charge in [0, 0.05) is 10.7 Å². The highest BCUT2D eigenvalue weighted by molar-refractivity contribution is 9.08. The van der Waals surface area contributed by atoms with E-state index in [0.29, 0.717) is 11.4 Å². The van der Waals surface area contributed by atoms with Crippen molar-refractivity contribution in [2.24, 2.45) is 5.41 Å². The lowest BCUT2D eigenvalue weighted by Crippen LogP contribution is -2.41. The Morgan fingerprint density at radius 2 is 1.04 bits per heavy atom. The van der Waals surface area contributed by atoms with Gasteiger partial charge in [0.25, 0.3) is 11.8 Å². The minimum Gasteiger partial charge on any atom is -0.271 e. The van der Waals surface area contributed by atoms with Gasteiger partial charge in [0.15, 0.2) is 0 Å². The summed E-state index contributed by atoms with van der Waals surface area (Å²) in [5, 5.41) is 4.43. The molecule has 0 radical (unpaired) electrons. The molecule has 4 nitrogen and oxygen atoms in total. The lowest BCUT2D eigenvalue weighted by molar-refractivity contribution is -0.132. The third-order valence-electron chi connectivity index (χ3n) is 4.32. The van der Waals surface area contributed by atoms with Crippen LogP contribution in [0.2, 0.25) is 0 Å². The maximum Gasteiger partial charge on any atom is 0.261 e. The Morgan fingerprint density at radius 1 is 0.720 bits per heavy atom. The molecule has 2 aromatic carbocycles. The molecule has 6 heteroatoms. The summed E-state index contributed by atoms with van der Waals surface area (Å²) >= 11 is 6.84. The van der Waals surface area contributed by atoms with Crippen LogP contribution in [0.1, 0.15) is 25.0 Å². The zero-order valence-corrected chi connectivity index (χ0v) is 17.2. The van der Waals surface area contributed by atoms with Gasteiger partial charge < -0.3 is 0 Å². The van der Waals surface area contributed by atoms with E-state index in [1.165, 1.54) is 10.0 Å². The van der Waals surface area contributed by atoms with E-state index >= 15 is 0 Å². The minimum atomic E-state index is -1.10. The Bertz CT molecular complexity index is 734. The molecule has 1 heterocycles. The first-order valence-corrected chi connectivity index (χ1v) is 10.1.